The molecule has 0 aliphatic heterocycles. The van der Waals surface area contributed by atoms with E-state index in [4.69, 9.17) is 5.73 Å². The number of nitrogens with zero attached hydrogens (tertiary/aromatic N) is 2. The Bertz CT molecular complexity index is 649. The molecule has 1 aromatic carbocycles. The van der Waals surface area contributed by atoms with E-state index in [1.54, 1.807) is 25.4 Å². The Morgan fingerprint density at radius 2 is 2.32 bits per heavy atom. The predicted octanol–water partition coefficient (Wildman–Crippen LogP) is 0.983. The highest BCUT2D eigenvalue weighted by Gasteiger charge is 2.09. The number of rotatable bonds is 2. The third-order valence-corrected chi connectivity index (χ3v) is 2.51. The molecular formula is C14H14N4O. The summed E-state index contributed by atoms with van der Waals surface area (Å²) in [5.74, 6) is 5.49. The largest absolute Gasteiger partial charge is 0.321 e. The molecule has 0 radical (unpaired) electrons. The van der Waals surface area contributed by atoms with Crippen LogP contribution in [0.2, 0.25) is 0 Å². The fraction of sp³-hybridized carbons (Fsp3) is 0.143. The van der Waals surface area contributed by atoms with Crippen molar-refractivity contribution >= 4 is 11.6 Å². The highest BCUT2D eigenvalue weighted by atomic mass is 16.2. The van der Waals surface area contributed by atoms with Gasteiger partial charge in [0, 0.05) is 24.5 Å². The van der Waals surface area contributed by atoms with Gasteiger partial charge < -0.3 is 11.1 Å². The molecule has 0 fully saturated rings. The third-order valence-electron chi connectivity index (χ3n) is 2.51. The molecule has 0 aliphatic carbocycles. The lowest BCUT2D eigenvalue weighted by molar-refractivity contribution is 0.101. The Hall–Kier alpha value is -2.58. The van der Waals surface area contributed by atoms with Crippen molar-refractivity contribution in [3.8, 4) is 11.8 Å². The molecule has 5 nitrogen and oxygen atoms in total. The quantitative estimate of drug-likeness (QED) is 0.785. The Morgan fingerprint density at radius 3 is 3.00 bits per heavy atom. The van der Waals surface area contributed by atoms with E-state index in [9.17, 15) is 4.79 Å². The Balaban J connectivity index is 2.15. The van der Waals surface area contributed by atoms with E-state index in [1.165, 1.54) is 4.68 Å². The number of aryl methyl sites for hydroxylation is 1. The molecule has 2 rings (SSSR count). The number of aromatic nitrogens is 2. The van der Waals surface area contributed by atoms with Gasteiger partial charge in [0.05, 0.1) is 6.54 Å². The van der Waals surface area contributed by atoms with Gasteiger partial charge in [0.15, 0.2) is 0 Å². The van der Waals surface area contributed by atoms with Crippen LogP contribution in [0.25, 0.3) is 0 Å². The smallest absolute Gasteiger partial charge is 0.273 e. The summed E-state index contributed by atoms with van der Waals surface area (Å²) in [4.78, 5) is 12.0. The molecule has 1 aromatic heterocycles. The summed E-state index contributed by atoms with van der Waals surface area (Å²) in [6.07, 6.45) is 1.58. The normalized spacial score (nSPS) is 9.58. The zero-order valence-electron chi connectivity index (χ0n) is 10.6. The lowest BCUT2D eigenvalue weighted by Gasteiger charge is -2.05. The molecule has 0 saturated carbocycles. The van der Waals surface area contributed by atoms with E-state index < -0.39 is 0 Å². The summed E-state index contributed by atoms with van der Waals surface area (Å²) >= 11 is 0. The number of benzene rings is 1. The first-order valence-corrected chi connectivity index (χ1v) is 5.79. The minimum atomic E-state index is -0.205. The van der Waals surface area contributed by atoms with Gasteiger partial charge >= 0.3 is 0 Å². The minimum Gasteiger partial charge on any atom is -0.321 e. The van der Waals surface area contributed by atoms with Crippen LogP contribution in [-0.2, 0) is 7.05 Å². The highest BCUT2D eigenvalue weighted by molar-refractivity contribution is 6.03. The fourth-order valence-electron chi connectivity index (χ4n) is 1.62. The summed E-state index contributed by atoms with van der Waals surface area (Å²) in [5, 5.41) is 6.76. The van der Waals surface area contributed by atoms with Crippen LogP contribution in [0.5, 0.6) is 0 Å². The summed E-state index contributed by atoms with van der Waals surface area (Å²) in [6.45, 7) is 0.311. The monoisotopic (exact) mass is 254 g/mol. The second-order valence-electron chi connectivity index (χ2n) is 3.88. The number of carbonyl (C=O) groups is 1. The third kappa shape index (κ3) is 3.21. The molecule has 5 heteroatoms. The van der Waals surface area contributed by atoms with Crippen LogP contribution in [0.1, 0.15) is 16.1 Å². The molecule has 0 bridgehead atoms. The van der Waals surface area contributed by atoms with Gasteiger partial charge in [0.25, 0.3) is 5.91 Å². The molecule has 0 saturated heterocycles. The average Bonchev–Trinajstić information content (AvgIpc) is 2.83. The first-order chi connectivity index (χ1) is 9.20. The van der Waals surface area contributed by atoms with Crippen molar-refractivity contribution in [2.75, 3.05) is 11.9 Å². The predicted molar refractivity (Wildman–Crippen MR) is 73.5 cm³/mol. The number of hydrogen-bond donors (Lipinski definition) is 2. The maximum absolute atomic E-state index is 12.0. The number of hydrogen-bond acceptors (Lipinski definition) is 3. The van der Waals surface area contributed by atoms with Crippen molar-refractivity contribution in [1.82, 2.24) is 9.78 Å². The zero-order valence-corrected chi connectivity index (χ0v) is 10.6. The van der Waals surface area contributed by atoms with Crippen LogP contribution in [0.4, 0.5) is 5.69 Å². The van der Waals surface area contributed by atoms with Crippen molar-refractivity contribution in [1.29, 1.82) is 0 Å². The van der Waals surface area contributed by atoms with Crippen molar-refractivity contribution in [3.63, 3.8) is 0 Å². The lowest BCUT2D eigenvalue weighted by atomic mass is 10.2. The second-order valence-corrected chi connectivity index (χ2v) is 3.88. The van der Waals surface area contributed by atoms with Gasteiger partial charge in [-0.1, -0.05) is 17.9 Å². The molecular weight excluding hydrogens is 240 g/mol. The first-order valence-electron chi connectivity index (χ1n) is 5.79. The topological polar surface area (TPSA) is 72.9 Å². The zero-order chi connectivity index (χ0) is 13.7. The summed E-state index contributed by atoms with van der Waals surface area (Å²) in [7, 11) is 1.72. The van der Waals surface area contributed by atoms with Crippen LogP contribution < -0.4 is 11.1 Å². The van der Waals surface area contributed by atoms with E-state index >= 15 is 0 Å². The Kier molecular flexibility index (Phi) is 3.96. The highest BCUT2D eigenvalue weighted by Crippen LogP contribution is 2.11. The molecule has 1 amide bonds. The van der Waals surface area contributed by atoms with Crippen molar-refractivity contribution in [2.24, 2.45) is 12.8 Å². The van der Waals surface area contributed by atoms with Gasteiger partial charge in [-0.05, 0) is 24.3 Å². The van der Waals surface area contributed by atoms with Crippen LogP contribution in [0.3, 0.4) is 0 Å². The van der Waals surface area contributed by atoms with E-state index in [1.807, 2.05) is 18.2 Å². The van der Waals surface area contributed by atoms with Crippen LogP contribution in [0.15, 0.2) is 36.5 Å². The molecule has 3 N–H and O–H groups in total. The van der Waals surface area contributed by atoms with E-state index in [2.05, 4.69) is 22.3 Å². The molecule has 0 unspecified atom stereocenters. The Morgan fingerprint density at radius 1 is 1.47 bits per heavy atom. The van der Waals surface area contributed by atoms with Gasteiger partial charge in [0.1, 0.15) is 5.69 Å². The van der Waals surface area contributed by atoms with Gasteiger partial charge in [-0.3, -0.25) is 9.48 Å². The second kappa shape index (κ2) is 5.85. The molecule has 96 valence electrons. The van der Waals surface area contributed by atoms with E-state index in [0.717, 1.165) is 5.56 Å². The molecule has 19 heavy (non-hydrogen) atoms. The Labute approximate surface area is 111 Å². The molecule has 0 aliphatic rings. The van der Waals surface area contributed by atoms with E-state index in [0.29, 0.717) is 17.9 Å². The minimum absolute atomic E-state index is 0.205. The molecule has 0 spiro atoms. The SMILES string of the molecule is Cn1nccc1C(=O)Nc1cccc(C#CCN)c1. The van der Waals surface area contributed by atoms with Gasteiger partial charge in [0.2, 0.25) is 0 Å². The number of amides is 1. The number of nitrogens with one attached hydrogen (secondary N) is 1. The fourth-order valence-corrected chi connectivity index (χ4v) is 1.62. The lowest BCUT2D eigenvalue weighted by Crippen LogP contribution is -2.16. The standard InChI is InChI=1S/C14H14N4O/c1-18-13(7-9-16-18)14(19)17-12-6-2-4-11(10-12)5-3-8-15/h2,4,6-7,9-10H,8,15H2,1H3,(H,17,19). The number of anilines is 1. The average molecular weight is 254 g/mol. The summed E-state index contributed by atoms with van der Waals surface area (Å²) in [5.41, 5.74) is 7.32. The van der Waals surface area contributed by atoms with E-state index in [-0.39, 0.29) is 5.91 Å². The van der Waals surface area contributed by atoms with Gasteiger partial charge in [-0.15, -0.1) is 0 Å². The summed E-state index contributed by atoms with van der Waals surface area (Å²) < 4.78 is 1.52. The maximum Gasteiger partial charge on any atom is 0.273 e. The van der Waals surface area contributed by atoms with Crippen LogP contribution in [0, 0.1) is 11.8 Å². The van der Waals surface area contributed by atoms with Gasteiger partial charge in [-0.25, -0.2) is 0 Å². The van der Waals surface area contributed by atoms with Gasteiger partial charge in [-0.2, -0.15) is 5.10 Å². The van der Waals surface area contributed by atoms with Crippen LogP contribution in [-0.4, -0.2) is 22.2 Å². The number of carbonyl (C=O) groups excluding carboxylic acids is 1. The van der Waals surface area contributed by atoms with Crippen molar-refractivity contribution in [3.05, 3.63) is 47.8 Å². The maximum atomic E-state index is 12.0. The molecule has 1 heterocycles. The number of nitrogens with two attached hydrogens (primary N) is 1. The molecule has 2 aromatic rings. The summed E-state index contributed by atoms with van der Waals surface area (Å²) in [6, 6.07) is 8.97. The van der Waals surface area contributed by atoms with Crippen molar-refractivity contribution in [2.45, 2.75) is 0 Å². The van der Waals surface area contributed by atoms with Crippen LogP contribution >= 0.6 is 0 Å². The van der Waals surface area contributed by atoms with Crippen molar-refractivity contribution < 1.29 is 4.79 Å². The first kappa shape index (κ1) is 12.9. The molecule has 0 atom stereocenters.